The van der Waals surface area contributed by atoms with Crippen molar-refractivity contribution in [3.05, 3.63) is 18.5 Å². The van der Waals surface area contributed by atoms with Gasteiger partial charge < -0.3 is 15.7 Å². The van der Waals surface area contributed by atoms with Crippen molar-refractivity contribution in [2.45, 2.75) is 19.8 Å². The van der Waals surface area contributed by atoms with Crippen LogP contribution in [0.4, 0.5) is 11.9 Å². The highest BCUT2D eigenvalue weighted by Crippen LogP contribution is 2.12. The second-order valence-electron chi connectivity index (χ2n) is 4.31. The van der Waals surface area contributed by atoms with E-state index < -0.39 is 0 Å². The fourth-order valence-corrected chi connectivity index (χ4v) is 1.78. The number of nitrogen functional groups attached to an aromatic ring is 1. The molecule has 0 saturated carbocycles. The van der Waals surface area contributed by atoms with Crippen LogP contribution in [-0.2, 0) is 0 Å². The second-order valence-corrected chi connectivity index (χ2v) is 4.31. The standard InChI is InChI=1S/C12H19N7O/c1-2-3-6-18(8-9-20)11-15-10(13)16-12(17-11)19-7-4-5-14-19/h4-5,7,20H,2-3,6,8-9H2,1H3,(H2,13,15,16,17). The highest BCUT2D eigenvalue weighted by molar-refractivity contribution is 5.37. The van der Waals surface area contributed by atoms with E-state index in [1.54, 1.807) is 18.5 Å². The van der Waals surface area contributed by atoms with E-state index in [2.05, 4.69) is 27.0 Å². The van der Waals surface area contributed by atoms with E-state index in [0.29, 0.717) is 18.4 Å². The largest absolute Gasteiger partial charge is 0.395 e. The van der Waals surface area contributed by atoms with Crippen molar-refractivity contribution in [3.8, 4) is 5.95 Å². The lowest BCUT2D eigenvalue weighted by Gasteiger charge is -2.21. The predicted molar refractivity (Wildman–Crippen MR) is 75.6 cm³/mol. The number of nitrogens with zero attached hydrogens (tertiary/aromatic N) is 6. The van der Waals surface area contributed by atoms with Gasteiger partial charge in [-0.15, -0.1) is 0 Å². The van der Waals surface area contributed by atoms with Gasteiger partial charge in [0.05, 0.1) is 6.61 Å². The molecule has 0 aliphatic heterocycles. The molecular formula is C12H19N7O. The van der Waals surface area contributed by atoms with Gasteiger partial charge in [-0.2, -0.15) is 20.1 Å². The lowest BCUT2D eigenvalue weighted by molar-refractivity contribution is 0.301. The fraction of sp³-hybridized carbons (Fsp3) is 0.500. The summed E-state index contributed by atoms with van der Waals surface area (Å²) >= 11 is 0. The molecule has 0 aliphatic carbocycles. The van der Waals surface area contributed by atoms with E-state index in [0.717, 1.165) is 19.4 Å². The Balaban J connectivity index is 2.29. The third-order valence-electron chi connectivity index (χ3n) is 2.77. The summed E-state index contributed by atoms with van der Waals surface area (Å²) in [5.41, 5.74) is 5.74. The number of aliphatic hydroxyl groups is 1. The maximum absolute atomic E-state index is 9.16. The molecule has 0 spiro atoms. The molecule has 0 fully saturated rings. The number of anilines is 2. The Labute approximate surface area is 117 Å². The molecule has 8 nitrogen and oxygen atoms in total. The van der Waals surface area contributed by atoms with E-state index in [9.17, 15) is 0 Å². The van der Waals surface area contributed by atoms with Crippen LogP contribution in [0.5, 0.6) is 0 Å². The molecule has 0 unspecified atom stereocenters. The first-order valence-electron chi connectivity index (χ1n) is 6.62. The van der Waals surface area contributed by atoms with Gasteiger partial charge in [0.1, 0.15) is 0 Å². The molecular weight excluding hydrogens is 258 g/mol. The average molecular weight is 277 g/mol. The number of unbranched alkanes of at least 4 members (excludes halogenated alkanes) is 1. The van der Waals surface area contributed by atoms with E-state index >= 15 is 0 Å². The molecule has 0 saturated heterocycles. The van der Waals surface area contributed by atoms with Crippen LogP contribution in [-0.4, -0.2) is 49.5 Å². The van der Waals surface area contributed by atoms with E-state index in [1.165, 1.54) is 4.68 Å². The topological polar surface area (TPSA) is 106 Å². The Morgan fingerprint density at radius 2 is 2.15 bits per heavy atom. The SMILES string of the molecule is CCCCN(CCO)c1nc(N)nc(-n2cccn2)n1. The zero-order valence-corrected chi connectivity index (χ0v) is 11.5. The summed E-state index contributed by atoms with van der Waals surface area (Å²) < 4.78 is 1.53. The number of hydrogen-bond donors (Lipinski definition) is 2. The molecule has 0 bridgehead atoms. The zero-order valence-electron chi connectivity index (χ0n) is 11.5. The van der Waals surface area contributed by atoms with Gasteiger partial charge >= 0.3 is 0 Å². The van der Waals surface area contributed by atoms with Crippen molar-refractivity contribution in [3.63, 3.8) is 0 Å². The van der Waals surface area contributed by atoms with Crippen LogP contribution in [0.2, 0.25) is 0 Å². The Kier molecular flexibility index (Phi) is 4.83. The predicted octanol–water partition coefficient (Wildman–Crippen LogP) is 0.238. The number of rotatable bonds is 7. The van der Waals surface area contributed by atoms with E-state index in [4.69, 9.17) is 10.8 Å². The Morgan fingerprint density at radius 1 is 1.30 bits per heavy atom. The first kappa shape index (κ1) is 14.2. The molecule has 2 aromatic rings. The van der Waals surface area contributed by atoms with Gasteiger partial charge in [-0.1, -0.05) is 13.3 Å². The summed E-state index contributed by atoms with van der Waals surface area (Å²) in [5, 5.41) is 13.2. The molecule has 2 aromatic heterocycles. The van der Waals surface area contributed by atoms with Gasteiger partial charge in [0.15, 0.2) is 0 Å². The highest BCUT2D eigenvalue weighted by atomic mass is 16.3. The van der Waals surface area contributed by atoms with Crippen LogP contribution in [0, 0.1) is 0 Å². The molecule has 2 heterocycles. The van der Waals surface area contributed by atoms with E-state index in [1.807, 2.05) is 4.90 Å². The molecule has 3 N–H and O–H groups in total. The summed E-state index contributed by atoms with van der Waals surface area (Å²) in [5.74, 6) is 0.974. The van der Waals surface area contributed by atoms with Crippen LogP contribution in [0.3, 0.4) is 0 Å². The first-order chi connectivity index (χ1) is 9.74. The average Bonchev–Trinajstić information content (AvgIpc) is 2.97. The number of aromatic nitrogens is 5. The Hall–Kier alpha value is -2.22. The van der Waals surface area contributed by atoms with Crippen LogP contribution in [0.25, 0.3) is 5.95 Å². The zero-order chi connectivity index (χ0) is 14.4. The molecule has 0 radical (unpaired) electrons. The van der Waals surface area contributed by atoms with Crippen molar-refractivity contribution < 1.29 is 5.11 Å². The lowest BCUT2D eigenvalue weighted by Crippen LogP contribution is -2.30. The lowest BCUT2D eigenvalue weighted by atomic mass is 10.3. The molecule has 0 atom stereocenters. The number of aliphatic hydroxyl groups excluding tert-OH is 1. The summed E-state index contributed by atoms with van der Waals surface area (Å²) in [6.07, 6.45) is 5.42. The van der Waals surface area contributed by atoms with Gasteiger partial charge in [0, 0.05) is 25.5 Å². The van der Waals surface area contributed by atoms with Gasteiger partial charge in [0.25, 0.3) is 5.95 Å². The van der Waals surface area contributed by atoms with Crippen LogP contribution >= 0.6 is 0 Å². The second kappa shape index (κ2) is 6.80. The van der Waals surface area contributed by atoms with E-state index in [-0.39, 0.29) is 12.6 Å². The van der Waals surface area contributed by atoms with Gasteiger partial charge in [-0.25, -0.2) is 4.68 Å². The van der Waals surface area contributed by atoms with Crippen molar-refractivity contribution in [1.82, 2.24) is 24.7 Å². The maximum atomic E-state index is 9.16. The van der Waals surface area contributed by atoms with Crippen molar-refractivity contribution in [2.24, 2.45) is 0 Å². The maximum Gasteiger partial charge on any atom is 0.257 e. The third kappa shape index (κ3) is 3.41. The minimum absolute atomic E-state index is 0.0341. The molecule has 0 amide bonds. The fourth-order valence-electron chi connectivity index (χ4n) is 1.78. The minimum atomic E-state index is 0.0341. The summed E-state index contributed by atoms with van der Waals surface area (Å²) in [6.45, 7) is 3.36. The molecule has 2 rings (SSSR count). The quantitative estimate of drug-likeness (QED) is 0.746. The monoisotopic (exact) mass is 277 g/mol. The highest BCUT2D eigenvalue weighted by Gasteiger charge is 2.13. The molecule has 8 heteroatoms. The molecule has 0 aliphatic rings. The Morgan fingerprint density at radius 3 is 2.80 bits per heavy atom. The first-order valence-corrected chi connectivity index (χ1v) is 6.62. The molecule has 0 aromatic carbocycles. The molecule has 108 valence electrons. The van der Waals surface area contributed by atoms with Crippen LogP contribution in [0.1, 0.15) is 19.8 Å². The summed E-state index contributed by atoms with van der Waals surface area (Å²) in [4.78, 5) is 14.5. The smallest absolute Gasteiger partial charge is 0.257 e. The minimum Gasteiger partial charge on any atom is -0.395 e. The van der Waals surface area contributed by atoms with Crippen molar-refractivity contribution in [1.29, 1.82) is 0 Å². The van der Waals surface area contributed by atoms with Gasteiger partial charge in [-0.3, -0.25) is 0 Å². The van der Waals surface area contributed by atoms with Gasteiger partial charge in [-0.05, 0) is 12.5 Å². The molecule has 20 heavy (non-hydrogen) atoms. The van der Waals surface area contributed by atoms with Crippen LogP contribution < -0.4 is 10.6 Å². The van der Waals surface area contributed by atoms with Crippen molar-refractivity contribution >= 4 is 11.9 Å². The summed E-state index contributed by atoms with van der Waals surface area (Å²) in [6, 6.07) is 1.78. The normalized spacial score (nSPS) is 10.7. The van der Waals surface area contributed by atoms with Crippen LogP contribution in [0.15, 0.2) is 18.5 Å². The number of nitrogens with two attached hydrogens (primary N) is 1. The summed E-state index contributed by atoms with van der Waals surface area (Å²) in [7, 11) is 0. The Bertz CT molecular complexity index is 529. The van der Waals surface area contributed by atoms with Gasteiger partial charge in [0.2, 0.25) is 11.9 Å². The van der Waals surface area contributed by atoms with Crippen molar-refractivity contribution in [2.75, 3.05) is 30.3 Å². The number of hydrogen-bond acceptors (Lipinski definition) is 7. The third-order valence-corrected chi connectivity index (χ3v) is 2.77.